The number of alkyl halides is 3. The van der Waals surface area contributed by atoms with Gasteiger partial charge in [0.2, 0.25) is 0 Å². The second-order valence-corrected chi connectivity index (χ2v) is 4.66. The molecule has 2 nitrogen and oxygen atoms in total. The normalized spacial score (nSPS) is 27.3. The first-order valence-electron chi connectivity index (χ1n) is 5.72. The number of halogens is 3. The molecule has 1 saturated carbocycles. The Balaban J connectivity index is 1.95. The maximum Gasteiger partial charge on any atom is 0.401 e. The lowest BCUT2D eigenvalue weighted by Crippen LogP contribution is -2.52. The summed E-state index contributed by atoms with van der Waals surface area (Å²) in [4.78, 5) is 0. The summed E-state index contributed by atoms with van der Waals surface area (Å²) in [5.74, 6) is 0. The fourth-order valence-electron chi connectivity index (χ4n) is 2.33. The van der Waals surface area contributed by atoms with Gasteiger partial charge in [0.15, 0.2) is 0 Å². The smallest absolute Gasteiger partial charge is 0.306 e. The molecule has 0 aromatic heterocycles. The standard InChI is InChI=1S/C13H13F3N2/c14-13(15,16)9-18-11-6-12(7-11,8-17)10-4-2-1-3-5-10/h1-5,11,18H,6-7,9H2. The van der Waals surface area contributed by atoms with Crippen molar-refractivity contribution in [1.29, 1.82) is 5.26 Å². The number of rotatable bonds is 3. The van der Waals surface area contributed by atoms with E-state index in [0.717, 1.165) is 5.56 Å². The zero-order valence-corrected chi connectivity index (χ0v) is 9.67. The highest BCUT2D eigenvalue weighted by Crippen LogP contribution is 2.43. The minimum Gasteiger partial charge on any atom is -0.306 e. The molecular formula is C13H13F3N2. The number of hydrogen-bond acceptors (Lipinski definition) is 2. The van der Waals surface area contributed by atoms with Gasteiger partial charge >= 0.3 is 6.18 Å². The van der Waals surface area contributed by atoms with Crippen LogP contribution in [0.2, 0.25) is 0 Å². The minimum atomic E-state index is -4.20. The van der Waals surface area contributed by atoms with Gasteiger partial charge in [0.25, 0.3) is 0 Å². The van der Waals surface area contributed by atoms with Crippen LogP contribution in [0.25, 0.3) is 0 Å². The van der Waals surface area contributed by atoms with Gasteiger partial charge in [0.05, 0.1) is 18.0 Å². The molecule has 1 aromatic carbocycles. The van der Waals surface area contributed by atoms with Gasteiger partial charge < -0.3 is 5.32 Å². The summed E-state index contributed by atoms with van der Waals surface area (Å²) in [6, 6.07) is 11.2. The Labute approximate surface area is 103 Å². The van der Waals surface area contributed by atoms with E-state index in [9.17, 15) is 18.4 Å². The molecule has 0 unspecified atom stereocenters. The Hall–Kier alpha value is -1.54. The summed E-state index contributed by atoms with van der Waals surface area (Å²) >= 11 is 0. The van der Waals surface area contributed by atoms with E-state index in [4.69, 9.17) is 0 Å². The quantitative estimate of drug-likeness (QED) is 0.900. The summed E-state index contributed by atoms with van der Waals surface area (Å²) < 4.78 is 36.1. The van der Waals surface area contributed by atoms with Crippen LogP contribution < -0.4 is 5.32 Å². The molecule has 0 spiro atoms. The second kappa shape index (κ2) is 4.62. The van der Waals surface area contributed by atoms with Crippen molar-refractivity contribution in [1.82, 2.24) is 5.32 Å². The van der Waals surface area contributed by atoms with Gasteiger partial charge in [-0.1, -0.05) is 30.3 Å². The van der Waals surface area contributed by atoms with Crippen molar-refractivity contribution < 1.29 is 13.2 Å². The molecule has 0 aliphatic heterocycles. The SMILES string of the molecule is N#CC1(c2ccccc2)CC(NCC(F)(F)F)C1. The van der Waals surface area contributed by atoms with Crippen molar-refractivity contribution >= 4 is 0 Å². The molecule has 1 N–H and O–H groups in total. The lowest BCUT2D eigenvalue weighted by Gasteiger charge is -2.43. The monoisotopic (exact) mass is 254 g/mol. The lowest BCUT2D eigenvalue weighted by molar-refractivity contribution is -0.128. The first kappa shape index (κ1) is 12.9. The largest absolute Gasteiger partial charge is 0.401 e. The maximum absolute atomic E-state index is 12.0. The molecule has 2 rings (SSSR count). The summed E-state index contributed by atoms with van der Waals surface area (Å²) in [6.07, 6.45) is -3.33. The summed E-state index contributed by atoms with van der Waals surface area (Å²) in [7, 11) is 0. The van der Waals surface area contributed by atoms with Crippen LogP contribution in [0.3, 0.4) is 0 Å². The van der Waals surface area contributed by atoms with E-state index in [2.05, 4.69) is 11.4 Å². The third kappa shape index (κ3) is 2.65. The van der Waals surface area contributed by atoms with Crippen molar-refractivity contribution in [2.75, 3.05) is 6.54 Å². The molecule has 0 saturated heterocycles. The summed E-state index contributed by atoms with van der Waals surface area (Å²) in [6.45, 7) is -0.992. The Bertz CT molecular complexity index is 442. The van der Waals surface area contributed by atoms with Gasteiger partial charge in [0.1, 0.15) is 0 Å². The van der Waals surface area contributed by atoms with Crippen LogP contribution in [0.15, 0.2) is 30.3 Å². The summed E-state index contributed by atoms with van der Waals surface area (Å²) in [5, 5.41) is 11.7. The van der Waals surface area contributed by atoms with Crippen LogP contribution in [-0.4, -0.2) is 18.8 Å². The van der Waals surface area contributed by atoms with Gasteiger partial charge in [-0.3, -0.25) is 0 Å². The molecule has 0 amide bonds. The van der Waals surface area contributed by atoms with Crippen molar-refractivity contribution in [3.05, 3.63) is 35.9 Å². The van der Waals surface area contributed by atoms with Gasteiger partial charge in [0, 0.05) is 6.04 Å². The van der Waals surface area contributed by atoms with E-state index in [1.54, 1.807) is 0 Å². The number of nitrogens with zero attached hydrogens (tertiary/aromatic N) is 1. The van der Waals surface area contributed by atoms with Crippen molar-refractivity contribution in [2.24, 2.45) is 0 Å². The fraction of sp³-hybridized carbons (Fsp3) is 0.462. The number of hydrogen-bond donors (Lipinski definition) is 1. The van der Waals surface area contributed by atoms with Crippen LogP contribution in [0, 0.1) is 11.3 Å². The van der Waals surface area contributed by atoms with Crippen LogP contribution >= 0.6 is 0 Å². The number of nitrogens with one attached hydrogen (secondary N) is 1. The van der Waals surface area contributed by atoms with Crippen molar-refractivity contribution in [3.8, 4) is 6.07 Å². The zero-order valence-electron chi connectivity index (χ0n) is 9.67. The van der Waals surface area contributed by atoms with E-state index in [-0.39, 0.29) is 6.04 Å². The Morgan fingerprint density at radius 1 is 1.28 bits per heavy atom. The first-order chi connectivity index (χ1) is 8.45. The Kier molecular flexibility index (Phi) is 3.31. The molecule has 0 atom stereocenters. The maximum atomic E-state index is 12.0. The molecule has 1 aromatic rings. The molecule has 0 heterocycles. The molecule has 0 radical (unpaired) electrons. The Morgan fingerprint density at radius 3 is 2.39 bits per heavy atom. The topological polar surface area (TPSA) is 35.8 Å². The average Bonchev–Trinajstić information content (AvgIpc) is 2.28. The molecule has 0 bridgehead atoms. The molecule has 1 fully saturated rings. The second-order valence-electron chi connectivity index (χ2n) is 4.66. The Morgan fingerprint density at radius 2 is 1.89 bits per heavy atom. The van der Waals surface area contributed by atoms with Gasteiger partial charge in [-0.05, 0) is 18.4 Å². The highest BCUT2D eigenvalue weighted by molar-refractivity contribution is 5.36. The number of benzene rings is 1. The predicted octanol–water partition coefficient (Wildman–Crippen LogP) is 2.76. The van der Waals surface area contributed by atoms with Gasteiger partial charge in [-0.25, -0.2) is 0 Å². The molecule has 1 aliphatic carbocycles. The van der Waals surface area contributed by atoms with Gasteiger partial charge in [-0.15, -0.1) is 0 Å². The predicted molar refractivity (Wildman–Crippen MR) is 60.8 cm³/mol. The highest BCUT2D eigenvalue weighted by Gasteiger charge is 2.46. The van der Waals surface area contributed by atoms with Crippen molar-refractivity contribution in [2.45, 2.75) is 30.5 Å². The molecule has 18 heavy (non-hydrogen) atoms. The summed E-state index contributed by atoms with van der Waals surface area (Å²) in [5.41, 5.74) is 0.266. The van der Waals surface area contributed by atoms with Crippen LogP contribution in [0.1, 0.15) is 18.4 Å². The van der Waals surface area contributed by atoms with Crippen LogP contribution in [0.5, 0.6) is 0 Å². The molecule has 96 valence electrons. The van der Waals surface area contributed by atoms with E-state index >= 15 is 0 Å². The lowest BCUT2D eigenvalue weighted by atomic mass is 9.62. The molecular weight excluding hydrogens is 241 g/mol. The van der Waals surface area contributed by atoms with Gasteiger partial charge in [-0.2, -0.15) is 18.4 Å². The van der Waals surface area contributed by atoms with E-state index in [1.807, 2.05) is 30.3 Å². The zero-order chi connectivity index (χ0) is 13.2. The van der Waals surface area contributed by atoms with E-state index in [0.29, 0.717) is 12.8 Å². The molecule has 1 aliphatic rings. The third-order valence-corrected chi connectivity index (χ3v) is 3.32. The fourth-order valence-corrected chi connectivity index (χ4v) is 2.33. The minimum absolute atomic E-state index is 0.230. The molecule has 5 heteroatoms. The van der Waals surface area contributed by atoms with E-state index < -0.39 is 18.1 Å². The highest BCUT2D eigenvalue weighted by atomic mass is 19.4. The van der Waals surface area contributed by atoms with Crippen LogP contribution in [0.4, 0.5) is 13.2 Å². The van der Waals surface area contributed by atoms with Crippen LogP contribution in [-0.2, 0) is 5.41 Å². The van der Waals surface area contributed by atoms with Crippen molar-refractivity contribution in [3.63, 3.8) is 0 Å². The number of nitriles is 1. The van der Waals surface area contributed by atoms with E-state index in [1.165, 1.54) is 0 Å². The third-order valence-electron chi connectivity index (χ3n) is 3.32. The average molecular weight is 254 g/mol. The first-order valence-corrected chi connectivity index (χ1v) is 5.72.